The molecule has 1 aromatic heterocycles. The number of aromatic nitrogens is 2. The lowest BCUT2D eigenvalue weighted by Gasteiger charge is -2.05. The second-order valence-electron chi connectivity index (χ2n) is 2.49. The van der Waals surface area contributed by atoms with Crippen molar-refractivity contribution in [1.82, 2.24) is 10.2 Å². The molecule has 6 heteroatoms. The third-order valence-corrected chi connectivity index (χ3v) is 1.54. The van der Waals surface area contributed by atoms with Gasteiger partial charge in [-0.2, -0.15) is 0 Å². The third-order valence-electron chi connectivity index (χ3n) is 1.54. The lowest BCUT2D eigenvalue weighted by Crippen LogP contribution is -2.07. The van der Waals surface area contributed by atoms with Crippen LogP contribution < -0.4 is 10.1 Å². The van der Waals surface area contributed by atoms with Gasteiger partial charge in [0.05, 0.1) is 7.11 Å². The summed E-state index contributed by atoms with van der Waals surface area (Å²) in [5, 5.41) is 19.0. The van der Waals surface area contributed by atoms with E-state index in [1.807, 2.05) is 6.92 Å². The molecule has 1 aromatic rings. The zero-order valence-electron chi connectivity index (χ0n) is 7.94. The molecule has 0 aliphatic carbocycles. The van der Waals surface area contributed by atoms with Gasteiger partial charge in [0.25, 0.3) is 0 Å². The molecule has 0 aromatic carbocycles. The van der Waals surface area contributed by atoms with Gasteiger partial charge in [-0.1, -0.05) is 0 Å². The van der Waals surface area contributed by atoms with Crippen LogP contribution in [0.3, 0.4) is 0 Å². The average molecular weight is 197 g/mol. The Bertz CT molecular complexity index is 341. The van der Waals surface area contributed by atoms with E-state index in [9.17, 15) is 4.79 Å². The maximum Gasteiger partial charge on any atom is 0.341 e. The van der Waals surface area contributed by atoms with Gasteiger partial charge in [-0.05, 0) is 6.92 Å². The van der Waals surface area contributed by atoms with Crippen molar-refractivity contribution in [2.24, 2.45) is 0 Å². The number of ether oxygens (including phenoxy) is 1. The van der Waals surface area contributed by atoms with Crippen molar-refractivity contribution in [3.63, 3.8) is 0 Å². The number of anilines is 1. The van der Waals surface area contributed by atoms with Gasteiger partial charge >= 0.3 is 5.97 Å². The largest absolute Gasteiger partial charge is 0.479 e. The van der Waals surface area contributed by atoms with Crippen molar-refractivity contribution in [3.8, 4) is 5.88 Å². The zero-order chi connectivity index (χ0) is 10.6. The lowest BCUT2D eigenvalue weighted by atomic mass is 10.3. The Kier molecular flexibility index (Phi) is 3.22. The smallest absolute Gasteiger partial charge is 0.341 e. The zero-order valence-corrected chi connectivity index (χ0v) is 7.94. The highest BCUT2D eigenvalue weighted by Gasteiger charge is 2.13. The van der Waals surface area contributed by atoms with Crippen molar-refractivity contribution in [2.45, 2.75) is 6.92 Å². The molecule has 0 saturated heterocycles. The van der Waals surface area contributed by atoms with Gasteiger partial charge in [0.15, 0.2) is 0 Å². The minimum Gasteiger partial charge on any atom is -0.479 e. The number of carbonyl (C=O) groups is 1. The first kappa shape index (κ1) is 10.2. The summed E-state index contributed by atoms with van der Waals surface area (Å²) in [6, 6.07) is 1.39. The molecule has 1 heterocycles. The van der Waals surface area contributed by atoms with E-state index in [0.717, 1.165) is 0 Å². The predicted octanol–water partition coefficient (Wildman–Crippen LogP) is 0.615. The third kappa shape index (κ3) is 2.09. The van der Waals surface area contributed by atoms with E-state index < -0.39 is 5.97 Å². The number of hydrogen-bond acceptors (Lipinski definition) is 5. The maximum atomic E-state index is 10.8. The molecule has 0 radical (unpaired) electrons. The standard InChI is InChI=1S/C8H11N3O3/c1-3-9-6-4-5(8(12)13)7(14-2)11-10-6/h4H,3H2,1-2H3,(H,9,10)(H,12,13). The molecule has 2 N–H and O–H groups in total. The molecular weight excluding hydrogens is 186 g/mol. The molecule has 76 valence electrons. The van der Waals surface area contributed by atoms with E-state index in [2.05, 4.69) is 15.5 Å². The SMILES string of the molecule is CCNc1cc(C(=O)O)c(OC)nn1. The summed E-state index contributed by atoms with van der Waals surface area (Å²) in [6.07, 6.45) is 0. The first-order chi connectivity index (χ1) is 6.69. The van der Waals surface area contributed by atoms with Crippen molar-refractivity contribution in [3.05, 3.63) is 11.6 Å². The van der Waals surface area contributed by atoms with Gasteiger partial charge in [-0.15, -0.1) is 10.2 Å². The molecule has 0 atom stereocenters. The number of aromatic carboxylic acids is 1. The molecule has 0 unspecified atom stereocenters. The maximum absolute atomic E-state index is 10.8. The second-order valence-corrected chi connectivity index (χ2v) is 2.49. The van der Waals surface area contributed by atoms with E-state index in [4.69, 9.17) is 9.84 Å². The molecule has 1 rings (SSSR count). The molecule has 0 spiro atoms. The van der Waals surface area contributed by atoms with E-state index in [1.165, 1.54) is 13.2 Å². The topological polar surface area (TPSA) is 84.3 Å². The van der Waals surface area contributed by atoms with E-state index in [1.54, 1.807) is 0 Å². The number of nitrogens with one attached hydrogen (secondary N) is 1. The summed E-state index contributed by atoms with van der Waals surface area (Å²) in [4.78, 5) is 10.8. The number of nitrogens with zero attached hydrogens (tertiary/aromatic N) is 2. The van der Waals surface area contributed by atoms with E-state index in [-0.39, 0.29) is 11.4 Å². The Labute approximate surface area is 80.9 Å². The number of carboxylic acid groups (broad SMARTS) is 1. The van der Waals surface area contributed by atoms with Crippen LogP contribution in [0.5, 0.6) is 5.88 Å². The number of methoxy groups -OCH3 is 1. The molecule has 0 saturated carbocycles. The highest BCUT2D eigenvalue weighted by Crippen LogP contribution is 2.16. The summed E-state index contributed by atoms with van der Waals surface area (Å²) in [5.74, 6) is -0.652. The Morgan fingerprint density at radius 1 is 1.64 bits per heavy atom. The van der Waals surface area contributed by atoms with Crippen molar-refractivity contribution >= 4 is 11.8 Å². The normalized spacial score (nSPS) is 9.57. The Hall–Kier alpha value is -1.85. The van der Waals surface area contributed by atoms with Crippen molar-refractivity contribution < 1.29 is 14.6 Å². The van der Waals surface area contributed by atoms with Crippen LogP contribution >= 0.6 is 0 Å². The molecule has 14 heavy (non-hydrogen) atoms. The number of rotatable bonds is 4. The fourth-order valence-corrected chi connectivity index (χ4v) is 0.952. The van der Waals surface area contributed by atoms with E-state index in [0.29, 0.717) is 12.4 Å². The Morgan fingerprint density at radius 3 is 2.86 bits per heavy atom. The fourth-order valence-electron chi connectivity index (χ4n) is 0.952. The first-order valence-corrected chi connectivity index (χ1v) is 4.08. The van der Waals surface area contributed by atoms with Crippen LogP contribution in [0.4, 0.5) is 5.82 Å². The number of hydrogen-bond donors (Lipinski definition) is 2. The summed E-state index contributed by atoms with van der Waals surface area (Å²) >= 11 is 0. The first-order valence-electron chi connectivity index (χ1n) is 4.08. The van der Waals surface area contributed by atoms with Gasteiger partial charge in [0.2, 0.25) is 5.88 Å². The minimum atomic E-state index is -1.09. The molecule has 0 aliphatic rings. The van der Waals surface area contributed by atoms with Gasteiger partial charge in [-0.3, -0.25) is 0 Å². The molecule has 0 amide bonds. The average Bonchev–Trinajstić information content (AvgIpc) is 2.18. The van der Waals surface area contributed by atoms with Crippen molar-refractivity contribution in [2.75, 3.05) is 19.0 Å². The lowest BCUT2D eigenvalue weighted by molar-refractivity contribution is 0.0692. The minimum absolute atomic E-state index is 0.00144. The molecular formula is C8H11N3O3. The van der Waals surface area contributed by atoms with Crippen LogP contribution in [0.15, 0.2) is 6.07 Å². The van der Waals surface area contributed by atoms with Gasteiger partial charge < -0.3 is 15.2 Å². The van der Waals surface area contributed by atoms with Crippen LogP contribution in [0.25, 0.3) is 0 Å². The molecule has 0 bridgehead atoms. The monoisotopic (exact) mass is 197 g/mol. The highest BCUT2D eigenvalue weighted by atomic mass is 16.5. The quantitative estimate of drug-likeness (QED) is 0.735. The number of carboxylic acids is 1. The fraction of sp³-hybridized carbons (Fsp3) is 0.375. The van der Waals surface area contributed by atoms with Gasteiger partial charge in [0.1, 0.15) is 11.4 Å². The molecule has 6 nitrogen and oxygen atoms in total. The van der Waals surface area contributed by atoms with Crippen molar-refractivity contribution in [1.29, 1.82) is 0 Å². The Balaban J connectivity index is 3.07. The van der Waals surface area contributed by atoms with Crippen LogP contribution in [-0.2, 0) is 0 Å². The highest BCUT2D eigenvalue weighted by molar-refractivity contribution is 5.90. The molecule has 0 fully saturated rings. The summed E-state index contributed by atoms with van der Waals surface area (Å²) in [6.45, 7) is 2.53. The van der Waals surface area contributed by atoms with Crippen LogP contribution in [0.2, 0.25) is 0 Å². The van der Waals surface area contributed by atoms with Gasteiger partial charge in [-0.25, -0.2) is 4.79 Å². The van der Waals surface area contributed by atoms with Crippen LogP contribution in [0.1, 0.15) is 17.3 Å². The summed E-state index contributed by atoms with van der Waals surface area (Å²) < 4.78 is 4.76. The molecule has 0 aliphatic heterocycles. The predicted molar refractivity (Wildman–Crippen MR) is 49.7 cm³/mol. The summed E-state index contributed by atoms with van der Waals surface area (Å²) in [7, 11) is 1.35. The second kappa shape index (κ2) is 4.40. The van der Waals surface area contributed by atoms with Crippen LogP contribution in [0, 0.1) is 0 Å². The Morgan fingerprint density at radius 2 is 2.36 bits per heavy atom. The van der Waals surface area contributed by atoms with Crippen LogP contribution in [-0.4, -0.2) is 34.9 Å². The summed E-state index contributed by atoms with van der Waals surface area (Å²) in [5.41, 5.74) is -0.00144. The van der Waals surface area contributed by atoms with Gasteiger partial charge in [0, 0.05) is 12.6 Å². The van der Waals surface area contributed by atoms with E-state index >= 15 is 0 Å².